The van der Waals surface area contributed by atoms with E-state index in [1.807, 2.05) is 6.92 Å². The maximum absolute atomic E-state index is 13.2. The van der Waals surface area contributed by atoms with Crippen molar-refractivity contribution in [3.05, 3.63) is 18.1 Å². The van der Waals surface area contributed by atoms with Crippen molar-refractivity contribution < 1.29 is 23.0 Å². The van der Waals surface area contributed by atoms with Crippen LogP contribution in [0, 0.1) is 0 Å². The van der Waals surface area contributed by atoms with Crippen molar-refractivity contribution in [2.45, 2.75) is 45.1 Å². The van der Waals surface area contributed by atoms with Gasteiger partial charge in [-0.3, -0.25) is 4.68 Å². The first-order valence-electron chi connectivity index (χ1n) is 7.24. The molecule has 0 amide bonds. The fourth-order valence-corrected chi connectivity index (χ4v) is 2.77. The quantitative estimate of drug-likeness (QED) is 0.939. The van der Waals surface area contributed by atoms with E-state index in [1.54, 1.807) is 17.7 Å². The second-order valence-corrected chi connectivity index (χ2v) is 5.74. The van der Waals surface area contributed by atoms with Crippen molar-refractivity contribution in [2.75, 3.05) is 6.61 Å². The lowest BCUT2D eigenvalue weighted by Crippen LogP contribution is -2.42. The van der Waals surface area contributed by atoms with Crippen LogP contribution in [0.25, 0.3) is 11.4 Å². The Bertz CT molecular complexity index is 733. The molecule has 2 atom stereocenters. The third-order valence-electron chi connectivity index (χ3n) is 3.97. The van der Waals surface area contributed by atoms with E-state index < -0.39 is 17.6 Å². The molecular weight excluding hydrogens is 313 g/mol. The highest BCUT2D eigenvalue weighted by Gasteiger charge is 2.55. The van der Waals surface area contributed by atoms with E-state index in [2.05, 4.69) is 10.1 Å². The predicted octanol–water partition coefficient (Wildman–Crippen LogP) is 2.49. The number of aromatic nitrogens is 4. The number of ether oxygens (including phenoxy) is 1. The molecule has 1 aliphatic heterocycles. The second kappa shape index (κ2) is 4.98. The minimum atomic E-state index is -4.82. The topological polar surface area (TPSA) is 65.1 Å². The smallest absolute Gasteiger partial charge is 0.424 e. The lowest BCUT2D eigenvalue weighted by molar-refractivity contribution is -0.262. The number of aliphatic hydroxyl groups is 1. The van der Waals surface area contributed by atoms with Crippen molar-refractivity contribution >= 4 is 0 Å². The van der Waals surface area contributed by atoms with Gasteiger partial charge in [-0.1, -0.05) is 0 Å². The van der Waals surface area contributed by atoms with Crippen LogP contribution in [-0.2, 0) is 12.1 Å². The fourth-order valence-electron chi connectivity index (χ4n) is 2.77. The first-order chi connectivity index (χ1) is 10.7. The fraction of sp³-hybridized carbons (Fsp3) is 0.571. The first-order valence-corrected chi connectivity index (χ1v) is 7.24. The molecule has 3 heterocycles. The number of hydrogen-bond acceptors (Lipinski definition) is 4. The largest absolute Gasteiger partial charge is 0.477 e. The standard InChI is InChI=1S/C14H17F3N4O2/c1-4-23-11-5-9-10-6-18-12(13(3,22)14(15,16)17)21(10)8(2)7-20(9)19-11/h5-6,8,22H,4,7H2,1-3H3/t8-,13+/m0/s1. The molecule has 1 N–H and O–H groups in total. The Kier molecular flexibility index (Phi) is 3.44. The molecule has 2 aromatic rings. The van der Waals surface area contributed by atoms with Crippen LogP contribution in [0.1, 0.15) is 32.6 Å². The maximum Gasteiger partial charge on any atom is 0.424 e. The summed E-state index contributed by atoms with van der Waals surface area (Å²) in [6.45, 7) is 5.11. The van der Waals surface area contributed by atoms with Gasteiger partial charge < -0.3 is 14.4 Å². The van der Waals surface area contributed by atoms with Gasteiger partial charge in [0.25, 0.3) is 0 Å². The highest BCUT2D eigenvalue weighted by Crippen LogP contribution is 2.42. The molecule has 0 aromatic carbocycles. The molecule has 23 heavy (non-hydrogen) atoms. The van der Waals surface area contributed by atoms with Crippen LogP contribution in [0.15, 0.2) is 12.3 Å². The third kappa shape index (κ3) is 2.30. The van der Waals surface area contributed by atoms with Gasteiger partial charge in [-0.25, -0.2) is 4.98 Å². The predicted molar refractivity (Wildman–Crippen MR) is 75.0 cm³/mol. The molecule has 0 bridgehead atoms. The third-order valence-corrected chi connectivity index (χ3v) is 3.97. The molecular formula is C14H17F3N4O2. The zero-order valence-corrected chi connectivity index (χ0v) is 12.9. The minimum Gasteiger partial charge on any atom is -0.477 e. The summed E-state index contributed by atoms with van der Waals surface area (Å²) < 4.78 is 47.9. The average Bonchev–Trinajstić information content (AvgIpc) is 3.01. The molecule has 3 rings (SSSR count). The summed E-state index contributed by atoms with van der Waals surface area (Å²) in [7, 11) is 0. The van der Waals surface area contributed by atoms with Gasteiger partial charge in [0.1, 0.15) is 0 Å². The van der Waals surface area contributed by atoms with Crippen molar-refractivity contribution in [3.63, 3.8) is 0 Å². The number of alkyl halides is 3. The van der Waals surface area contributed by atoms with Gasteiger partial charge in [-0.2, -0.15) is 13.2 Å². The molecule has 126 valence electrons. The number of halogens is 3. The molecule has 0 unspecified atom stereocenters. The normalized spacial score (nSPS) is 19.9. The lowest BCUT2D eigenvalue weighted by Gasteiger charge is -2.31. The minimum absolute atomic E-state index is 0.335. The van der Waals surface area contributed by atoms with Crippen molar-refractivity contribution in [3.8, 4) is 17.3 Å². The van der Waals surface area contributed by atoms with E-state index >= 15 is 0 Å². The zero-order valence-electron chi connectivity index (χ0n) is 12.9. The molecule has 9 heteroatoms. The number of fused-ring (bicyclic) bond motifs is 3. The maximum atomic E-state index is 13.2. The Morgan fingerprint density at radius 2 is 2.09 bits per heavy atom. The highest BCUT2D eigenvalue weighted by atomic mass is 19.4. The first kappa shape index (κ1) is 15.9. The number of hydrogen-bond donors (Lipinski definition) is 1. The van der Waals surface area contributed by atoms with Crippen LogP contribution in [0.4, 0.5) is 13.2 Å². The van der Waals surface area contributed by atoms with Gasteiger partial charge in [0.05, 0.1) is 36.8 Å². The Hall–Kier alpha value is -2.03. The van der Waals surface area contributed by atoms with Crippen LogP contribution >= 0.6 is 0 Å². The number of rotatable bonds is 3. The number of imidazole rings is 1. The molecule has 6 nitrogen and oxygen atoms in total. The zero-order chi connectivity index (χ0) is 17.0. The van der Waals surface area contributed by atoms with Crippen molar-refractivity contribution in [2.24, 2.45) is 0 Å². The van der Waals surface area contributed by atoms with Crippen molar-refractivity contribution in [1.29, 1.82) is 0 Å². The monoisotopic (exact) mass is 330 g/mol. The second-order valence-electron chi connectivity index (χ2n) is 5.74. The lowest BCUT2D eigenvalue weighted by atomic mass is 10.0. The number of nitrogens with zero attached hydrogens (tertiary/aromatic N) is 4. The molecule has 0 radical (unpaired) electrons. The van der Waals surface area contributed by atoms with Crippen LogP contribution in [0.3, 0.4) is 0 Å². The van der Waals surface area contributed by atoms with E-state index in [0.717, 1.165) is 0 Å². The van der Waals surface area contributed by atoms with Gasteiger partial charge in [0, 0.05) is 6.07 Å². The van der Waals surface area contributed by atoms with Crippen LogP contribution < -0.4 is 4.74 Å². The molecule has 1 aliphatic rings. The summed E-state index contributed by atoms with van der Waals surface area (Å²) in [4.78, 5) is 3.85. The molecule has 0 aliphatic carbocycles. The van der Waals surface area contributed by atoms with E-state index in [-0.39, 0.29) is 6.04 Å². The molecule has 0 fully saturated rings. The van der Waals surface area contributed by atoms with Gasteiger partial charge in [-0.05, 0) is 20.8 Å². The summed E-state index contributed by atoms with van der Waals surface area (Å²) in [6.07, 6.45) is -3.49. The molecule has 0 saturated heterocycles. The summed E-state index contributed by atoms with van der Waals surface area (Å²) in [5, 5.41) is 14.2. The van der Waals surface area contributed by atoms with E-state index in [1.165, 1.54) is 10.8 Å². The van der Waals surface area contributed by atoms with Gasteiger partial charge >= 0.3 is 6.18 Å². The van der Waals surface area contributed by atoms with E-state index in [0.29, 0.717) is 37.3 Å². The van der Waals surface area contributed by atoms with Crippen molar-refractivity contribution in [1.82, 2.24) is 19.3 Å². The van der Waals surface area contributed by atoms with Gasteiger partial charge in [0.15, 0.2) is 5.82 Å². The molecule has 0 saturated carbocycles. The highest BCUT2D eigenvalue weighted by molar-refractivity contribution is 5.58. The molecule has 2 aromatic heterocycles. The van der Waals surface area contributed by atoms with Crippen LogP contribution in [0.2, 0.25) is 0 Å². The Labute approximate surface area is 130 Å². The summed E-state index contributed by atoms with van der Waals surface area (Å²) >= 11 is 0. The summed E-state index contributed by atoms with van der Waals surface area (Å²) in [6, 6.07) is 1.33. The average molecular weight is 330 g/mol. The SMILES string of the molecule is CCOc1cc2n(n1)C[C@H](C)n1c-2cnc1[C@@](C)(O)C(F)(F)F. The van der Waals surface area contributed by atoms with Crippen LogP contribution in [-0.4, -0.2) is 37.2 Å². The van der Waals surface area contributed by atoms with E-state index in [9.17, 15) is 18.3 Å². The van der Waals surface area contributed by atoms with Crippen LogP contribution in [0.5, 0.6) is 5.88 Å². The van der Waals surface area contributed by atoms with Gasteiger partial charge in [0.2, 0.25) is 11.5 Å². The summed E-state index contributed by atoms with van der Waals surface area (Å²) in [5.41, 5.74) is -1.94. The van der Waals surface area contributed by atoms with E-state index in [4.69, 9.17) is 4.74 Å². The van der Waals surface area contributed by atoms with Gasteiger partial charge in [-0.15, -0.1) is 5.10 Å². The summed E-state index contributed by atoms with van der Waals surface area (Å²) in [5.74, 6) is -0.00797. The Morgan fingerprint density at radius 1 is 1.39 bits per heavy atom. The Balaban J connectivity index is 2.13. The molecule has 0 spiro atoms. The Morgan fingerprint density at radius 3 is 2.70 bits per heavy atom.